The van der Waals surface area contributed by atoms with Crippen LogP contribution in [0.15, 0.2) is 16.6 Å². The monoisotopic (exact) mass is 339 g/mol. The van der Waals surface area contributed by atoms with Crippen LogP contribution in [0.1, 0.15) is 5.56 Å². The molecule has 0 spiro atoms. The maximum Gasteiger partial charge on any atom is 0.138 e. The third kappa shape index (κ3) is 2.17. The number of hydrogen-bond acceptors (Lipinski definition) is 1. The largest absolute Gasteiger partial charge is 0.206 e. The lowest BCUT2D eigenvalue weighted by Gasteiger charge is -2.00. The van der Waals surface area contributed by atoms with E-state index in [1.807, 2.05) is 28.7 Å². The zero-order chi connectivity index (χ0) is 9.14. The van der Waals surface area contributed by atoms with Crippen molar-refractivity contribution < 1.29 is 4.39 Å². The Labute approximate surface area is 91.8 Å². The first kappa shape index (κ1) is 9.93. The predicted molar refractivity (Wildman–Crippen MR) is 56.1 cm³/mol. The van der Waals surface area contributed by atoms with E-state index in [9.17, 15) is 4.39 Å². The minimum absolute atomic E-state index is 0.250. The summed E-state index contributed by atoms with van der Waals surface area (Å²) < 4.78 is 14.3. The predicted octanol–water partition coefficient (Wildman–Crippen LogP) is 3.26. The SMILES string of the molecule is N#CCc1cc(F)c(Br)c(I)c1. The van der Waals surface area contributed by atoms with Gasteiger partial charge >= 0.3 is 0 Å². The van der Waals surface area contributed by atoms with Gasteiger partial charge in [0.1, 0.15) is 5.82 Å². The molecule has 0 heterocycles. The van der Waals surface area contributed by atoms with Gasteiger partial charge in [0.25, 0.3) is 0 Å². The van der Waals surface area contributed by atoms with E-state index in [-0.39, 0.29) is 12.2 Å². The summed E-state index contributed by atoms with van der Waals surface area (Å²) in [4.78, 5) is 0. The highest BCUT2D eigenvalue weighted by atomic mass is 127. The lowest BCUT2D eigenvalue weighted by Crippen LogP contribution is -1.88. The Hall–Kier alpha value is -0.150. The number of nitriles is 1. The Morgan fingerprint density at radius 3 is 2.75 bits per heavy atom. The van der Waals surface area contributed by atoms with Gasteiger partial charge in [0.15, 0.2) is 0 Å². The fraction of sp³-hybridized carbons (Fsp3) is 0.125. The van der Waals surface area contributed by atoms with Crippen molar-refractivity contribution in [2.45, 2.75) is 6.42 Å². The summed E-state index contributed by atoms with van der Waals surface area (Å²) >= 11 is 5.12. The third-order valence-corrected chi connectivity index (χ3v) is 3.72. The van der Waals surface area contributed by atoms with E-state index >= 15 is 0 Å². The minimum Gasteiger partial charge on any atom is -0.206 e. The van der Waals surface area contributed by atoms with Crippen LogP contribution in [0.25, 0.3) is 0 Å². The molecule has 0 saturated carbocycles. The fourth-order valence-corrected chi connectivity index (χ4v) is 1.69. The van der Waals surface area contributed by atoms with Gasteiger partial charge < -0.3 is 0 Å². The van der Waals surface area contributed by atoms with Crippen LogP contribution in [-0.4, -0.2) is 0 Å². The molecule has 1 nitrogen and oxygen atoms in total. The first-order chi connectivity index (χ1) is 5.65. The maximum atomic E-state index is 13.0. The molecule has 0 fully saturated rings. The van der Waals surface area contributed by atoms with Crippen molar-refractivity contribution in [1.29, 1.82) is 5.26 Å². The molecule has 1 aromatic rings. The van der Waals surface area contributed by atoms with E-state index in [1.54, 1.807) is 6.07 Å². The van der Waals surface area contributed by atoms with Crippen LogP contribution < -0.4 is 0 Å². The quantitative estimate of drug-likeness (QED) is 0.569. The van der Waals surface area contributed by atoms with Crippen LogP contribution in [0.3, 0.4) is 0 Å². The number of benzene rings is 1. The summed E-state index contributed by atoms with van der Waals surface area (Å²) in [5.74, 6) is -0.313. The number of nitrogens with zero attached hydrogens (tertiary/aromatic N) is 1. The molecular weight excluding hydrogens is 336 g/mol. The smallest absolute Gasteiger partial charge is 0.138 e. The van der Waals surface area contributed by atoms with Gasteiger partial charge in [-0.05, 0) is 56.2 Å². The lowest BCUT2D eigenvalue weighted by molar-refractivity contribution is 0.618. The minimum atomic E-state index is -0.313. The van der Waals surface area contributed by atoms with E-state index in [1.165, 1.54) is 6.07 Å². The highest BCUT2D eigenvalue weighted by Crippen LogP contribution is 2.24. The van der Waals surface area contributed by atoms with E-state index in [0.717, 1.165) is 3.57 Å². The van der Waals surface area contributed by atoms with Crippen LogP contribution in [0.5, 0.6) is 0 Å². The van der Waals surface area contributed by atoms with Gasteiger partial charge in [-0.3, -0.25) is 0 Å². The zero-order valence-corrected chi connectivity index (χ0v) is 9.69. The van der Waals surface area contributed by atoms with E-state index in [4.69, 9.17) is 5.26 Å². The van der Waals surface area contributed by atoms with Crippen LogP contribution in [0, 0.1) is 20.7 Å². The molecule has 0 radical (unpaired) electrons. The highest BCUT2D eigenvalue weighted by molar-refractivity contribution is 14.1. The Balaban J connectivity index is 3.14. The van der Waals surface area contributed by atoms with Gasteiger partial charge in [-0.25, -0.2) is 4.39 Å². The molecule has 12 heavy (non-hydrogen) atoms. The number of rotatable bonds is 1. The van der Waals surface area contributed by atoms with Crippen LogP contribution in [0.2, 0.25) is 0 Å². The lowest BCUT2D eigenvalue weighted by atomic mass is 10.2. The summed E-state index contributed by atoms with van der Waals surface area (Å²) in [5.41, 5.74) is 0.711. The Bertz CT molecular complexity index is 322. The third-order valence-electron chi connectivity index (χ3n) is 1.33. The molecule has 0 aliphatic carbocycles. The Morgan fingerprint density at radius 1 is 1.58 bits per heavy atom. The summed E-state index contributed by atoms with van der Waals surface area (Å²) in [6.45, 7) is 0. The molecule has 62 valence electrons. The molecule has 0 aliphatic heterocycles. The molecule has 1 rings (SSSR count). The standard InChI is InChI=1S/C8H4BrFIN/c9-8-6(10)3-5(1-2-12)4-7(8)11/h3-4H,1H2. The molecule has 0 atom stereocenters. The molecule has 0 unspecified atom stereocenters. The Kier molecular flexibility index (Phi) is 3.47. The van der Waals surface area contributed by atoms with Crippen LogP contribution in [-0.2, 0) is 6.42 Å². The highest BCUT2D eigenvalue weighted by Gasteiger charge is 2.05. The summed E-state index contributed by atoms with van der Waals surface area (Å²) in [6.07, 6.45) is 0.250. The molecule has 0 aliphatic rings. The zero-order valence-electron chi connectivity index (χ0n) is 5.94. The number of halogens is 3. The van der Waals surface area contributed by atoms with Crippen molar-refractivity contribution in [1.82, 2.24) is 0 Å². The van der Waals surface area contributed by atoms with E-state index in [0.29, 0.717) is 10.0 Å². The van der Waals surface area contributed by atoms with Crippen LogP contribution >= 0.6 is 38.5 Å². The average molecular weight is 340 g/mol. The van der Waals surface area contributed by atoms with Gasteiger partial charge in [-0.2, -0.15) is 5.26 Å². The number of hydrogen-bond donors (Lipinski definition) is 0. The molecule has 0 amide bonds. The molecule has 4 heteroatoms. The van der Waals surface area contributed by atoms with Gasteiger partial charge in [0, 0.05) is 3.57 Å². The van der Waals surface area contributed by atoms with Crippen molar-refractivity contribution in [2.24, 2.45) is 0 Å². The second-order valence-electron chi connectivity index (χ2n) is 2.21. The molecular formula is C8H4BrFIN. The van der Waals surface area contributed by atoms with Crippen molar-refractivity contribution in [2.75, 3.05) is 0 Å². The van der Waals surface area contributed by atoms with Gasteiger partial charge in [0.05, 0.1) is 17.0 Å². The van der Waals surface area contributed by atoms with Gasteiger partial charge in [-0.15, -0.1) is 0 Å². The van der Waals surface area contributed by atoms with Crippen molar-refractivity contribution in [3.05, 3.63) is 31.6 Å². The first-order valence-corrected chi connectivity index (χ1v) is 5.02. The van der Waals surface area contributed by atoms with E-state index < -0.39 is 0 Å². The summed E-state index contributed by atoms with van der Waals surface area (Å²) in [6, 6.07) is 5.13. The Morgan fingerprint density at radius 2 is 2.25 bits per heavy atom. The molecule has 1 aromatic carbocycles. The molecule has 0 aromatic heterocycles. The second-order valence-corrected chi connectivity index (χ2v) is 4.16. The molecule has 0 bridgehead atoms. The first-order valence-electron chi connectivity index (χ1n) is 3.15. The average Bonchev–Trinajstić information content (AvgIpc) is 2.01. The van der Waals surface area contributed by atoms with Crippen LogP contribution in [0.4, 0.5) is 4.39 Å². The molecule has 0 N–H and O–H groups in total. The second kappa shape index (κ2) is 4.19. The fourth-order valence-electron chi connectivity index (χ4n) is 0.801. The van der Waals surface area contributed by atoms with Gasteiger partial charge in [0.2, 0.25) is 0 Å². The van der Waals surface area contributed by atoms with Crippen molar-refractivity contribution in [3.8, 4) is 6.07 Å². The summed E-state index contributed by atoms with van der Waals surface area (Å²) in [7, 11) is 0. The maximum absolute atomic E-state index is 13.0. The van der Waals surface area contributed by atoms with Crippen molar-refractivity contribution >= 4 is 38.5 Å². The molecule has 0 saturated heterocycles. The normalized spacial score (nSPS) is 9.50. The summed E-state index contributed by atoms with van der Waals surface area (Å²) in [5, 5.41) is 8.38. The van der Waals surface area contributed by atoms with E-state index in [2.05, 4.69) is 15.9 Å². The topological polar surface area (TPSA) is 23.8 Å². The van der Waals surface area contributed by atoms with Crippen molar-refractivity contribution in [3.63, 3.8) is 0 Å². The van der Waals surface area contributed by atoms with Gasteiger partial charge in [-0.1, -0.05) is 0 Å².